The van der Waals surface area contributed by atoms with Gasteiger partial charge in [-0.15, -0.1) is 11.6 Å². The number of aliphatic hydroxyl groups excluding tert-OH is 1. The number of aromatic nitrogens is 3. The summed E-state index contributed by atoms with van der Waals surface area (Å²) < 4.78 is 9.89. The Hall–Kier alpha value is -1.89. The van der Waals surface area contributed by atoms with Crippen molar-refractivity contribution >= 4 is 5.95 Å². The first-order chi connectivity index (χ1) is 8.24. The average Bonchev–Trinajstić information content (AvgIpc) is 2.37. The van der Waals surface area contributed by atoms with Gasteiger partial charge >= 0.3 is 12.0 Å². The van der Waals surface area contributed by atoms with Gasteiger partial charge in [0.1, 0.15) is 0 Å². The second-order valence-corrected chi connectivity index (χ2v) is 3.07. The standard InChI is InChI=1S/C10H16N4O3/c1-4-5-14(6-7-15)8-11-9(16-2)13-10(12-8)17-3/h4,15H,1,5-7H2,2-3H3. The number of ether oxygens (including phenoxy) is 2. The minimum atomic E-state index is -0.00977. The molecule has 0 amide bonds. The lowest BCUT2D eigenvalue weighted by molar-refractivity contribution is 0.301. The zero-order valence-electron chi connectivity index (χ0n) is 9.96. The number of methoxy groups -OCH3 is 2. The van der Waals surface area contributed by atoms with E-state index in [1.165, 1.54) is 14.2 Å². The third kappa shape index (κ3) is 3.56. The summed E-state index contributed by atoms with van der Waals surface area (Å²) in [6, 6.07) is 0.331. The van der Waals surface area contributed by atoms with Crippen molar-refractivity contribution in [3.05, 3.63) is 12.7 Å². The van der Waals surface area contributed by atoms with Gasteiger partial charge in [0.25, 0.3) is 0 Å². The highest BCUT2D eigenvalue weighted by molar-refractivity contribution is 5.33. The van der Waals surface area contributed by atoms with Gasteiger partial charge in [0.2, 0.25) is 5.95 Å². The number of hydrogen-bond acceptors (Lipinski definition) is 7. The summed E-state index contributed by atoms with van der Waals surface area (Å²) >= 11 is 0. The molecule has 0 aliphatic heterocycles. The number of anilines is 1. The summed E-state index contributed by atoms with van der Waals surface area (Å²) in [6.45, 7) is 4.53. The summed E-state index contributed by atoms with van der Waals surface area (Å²) in [5.41, 5.74) is 0. The van der Waals surface area contributed by atoms with Crippen LogP contribution in [0.1, 0.15) is 0 Å². The Morgan fingerprint density at radius 2 is 1.82 bits per heavy atom. The quantitative estimate of drug-likeness (QED) is 0.665. The normalized spacial score (nSPS) is 9.82. The van der Waals surface area contributed by atoms with Gasteiger partial charge in [0.05, 0.1) is 20.8 Å². The number of hydrogen-bond donors (Lipinski definition) is 1. The van der Waals surface area contributed by atoms with E-state index in [9.17, 15) is 0 Å². The molecular formula is C10H16N4O3. The average molecular weight is 240 g/mol. The van der Waals surface area contributed by atoms with Gasteiger partial charge in [-0.1, -0.05) is 6.08 Å². The molecule has 1 aromatic rings. The lowest BCUT2D eigenvalue weighted by atomic mass is 10.5. The van der Waals surface area contributed by atoms with E-state index in [2.05, 4.69) is 21.5 Å². The van der Waals surface area contributed by atoms with E-state index >= 15 is 0 Å². The van der Waals surface area contributed by atoms with Crippen molar-refractivity contribution in [2.45, 2.75) is 0 Å². The second-order valence-electron chi connectivity index (χ2n) is 3.07. The topological polar surface area (TPSA) is 80.6 Å². The third-order valence-electron chi connectivity index (χ3n) is 1.95. The molecule has 0 aliphatic rings. The fraction of sp³-hybridized carbons (Fsp3) is 0.500. The fourth-order valence-corrected chi connectivity index (χ4v) is 1.20. The van der Waals surface area contributed by atoms with Crippen LogP contribution in [0.15, 0.2) is 12.7 Å². The van der Waals surface area contributed by atoms with Crippen molar-refractivity contribution in [2.24, 2.45) is 0 Å². The molecule has 1 heterocycles. The first-order valence-electron chi connectivity index (χ1n) is 5.06. The largest absolute Gasteiger partial charge is 0.467 e. The molecule has 0 aliphatic carbocycles. The SMILES string of the molecule is C=CCN(CCO)c1nc(OC)nc(OC)n1. The minimum Gasteiger partial charge on any atom is -0.467 e. The molecule has 0 aromatic carbocycles. The van der Waals surface area contributed by atoms with Gasteiger partial charge in [0, 0.05) is 13.1 Å². The molecule has 94 valence electrons. The first kappa shape index (κ1) is 13.2. The summed E-state index contributed by atoms with van der Waals surface area (Å²) in [7, 11) is 2.92. The molecule has 1 rings (SSSR count). The number of nitrogens with zero attached hydrogens (tertiary/aromatic N) is 4. The van der Waals surface area contributed by atoms with Gasteiger partial charge in [-0.25, -0.2) is 0 Å². The molecule has 1 aromatic heterocycles. The van der Waals surface area contributed by atoms with Gasteiger partial charge < -0.3 is 19.5 Å². The van der Waals surface area contributed by atoms with Gasteiger partial charge in [-0.2, -0.15) is 9.97 Å². The molecular weight excluding hydrogens is 224 g/mol. The zero-order valence-corrected chi connectivity index (χ0v) is 9.96. The summed E-state index contributed by atoms with van der Waals surface area (Å²) in [5.74, 6) is 0.377. The Bertz CT molecular complexity index is 350. The van der Waals surface area contributed by atoms with E-state index in [1.807, 2.05) is 0 Å². The van der Waals surface area contributed by atoms with Gasteiger partial charge in [0.15, 0.2) is 0 Å². The van der Waals surface area contributed by atoms with E-state index in [0.717, 1.165) is 0 Å². The summed E-state index contributed by atoms with van der Waals surface area (Å²) in [6.07, 6.45) is 1.69. The van der Waals surface area contributed by atoms with Crippen LogP contribution in [0.3, 0.4) is 0 Å². The molecule has 17 heavy (non-hydrogen) atoms. The Balaban J connectivity index is 3.03. The molecule has 7 heteroatoms. The van der Waals surface area contributed by atoms with Gasteiger partial charge in [-0.05, 0) is 0 Å². The molecule has 7 nitrogen and oxygen atoms in total. The third-order valence-corrected chi connectivity index (χ3v) is 1.95. The van der Waals surface area contributed by atoms with Crippen LogP contribution in [0, 0.1) is 0 Å². The Morgan fingerprint density at radius 1 is 1.24 bits per heavy atom. The van der Waals surface area contributed by atoms with Crippen molar-refractivity contribution < 1.29 is 14.6 Å². The second kappa shape index (κ2) is 6.64. The van der Waals surface area contributed by atoms with Crippen molar-refractivity contribution in [3.8, 4) is 12.0 Å². The van der Waals surface area contributed by atoms with Crippen molar-refractivity contribution in [2.75, 3.05) is 38.8 Å². The Labute approximate surface area is 99.7 Å². The van der Waals surface area contributed by atoms with Crippen molar-refractivity contribution in [1.82, 2.24) is 15.0 Å². The van der Waals surface area contributed by atoms with Crippen LogP contribution in [0.5, 0.6) is 12.0 Å². The van der Waals surface area contributed by atoms with E-state index in [1.54, 1.807) is 11.0 Å². The fourth-order valence-electron chi connectivity index (χ4n) is 1.20. The summed E-state index contributed by atoms with van der Waals surface area (Å²) in [5, 5.41) is 8.97. The Morgan fingerprint density at radius 3 is 2.24 bits per heavy atom. The molecule has 0 saturated carbocycles. The van der Waals surface area contributed by atoms with Crippen LogP contribution in [-0.4, -0.2) is 54.0 Å². The highest BCUT2D eigenvalue weighted by atomic mass is 16.5. The van der Waals surface area contributed by atoms with Crippen LogP contribution >= 0.6 is 0 Å². The molecule has 0 unspecified atom stereocenters. The predicted molar refractivity (Wildman–Crippen MR) is 62.4 cm³/mol. The lowest BCUT2D eigenvalue weighted by Crippen LogP contribution is -2.28. The van der Waals surface area contributed by atoms with Crippen LogP contribution < -0.4 is 14.4 Å². The zero-order chi connectivity index (χ0) is 12.7. The minimum absolute atomic E-state index is 0.00977. The molecule has 0 fully saturated rings. The Kier molecular flexibility index (Phi) is 5.15. The molecule has 0 saturated heterocycles. The highest BCUT2D eigenvalue weighted by Gasteiger charge is 2.12. The smallest absolute Gasteiger partial charge is 0.324 e. The van der Waals surface area contributed by atoms with E-state index in [0.29, 0.717) is 19.0 Å². The first-order valence-corrected chi connectivity index (χ1v) is 5.06. The maximum Gasteiger partial charge on any atom is 0.324 e. The molecule has 0 radical (unpaired) electrons. The van der Waals surface area contributed by atoms with E-state index in [4.69, 9.17) is 14.6 Å². The maximum absolute atomic E-state index is 8.97. The highest BCUT2D eigenvalue weighted by Crippen LogP contribution is 2.15. The number of aliphatic hydroxyl groups is 1. The predicted octanol–water partition coefficient (Wildman–Crippen LogP) is -0.127. The van der Waals surface area contributed by atoms with Crippen LogP contribution in [0.25, 0.3) is 0 Å². The van der Waals surface area contributed by atoms with E-state index < -0.39 is 0 Å². The van der Waals surface area contributed by atoms with Crippen LogP contribution in [-0.2, 0) is 0 Å². The van der Waals surface area contributed by atoms with Gasteiger partial charge in [-0.3, -0.25) is 0 Å². The monoisotopic (exact) mass is 240 g/mol. The van der Waals surface area contributed by atoms with E-state index in [-0.39, 0.29) is 18.6 Å². The number of rotatable bonds is 7. The summed E-state index contributed by atoms with van der Waals surface area (Å²) in [4.78, 5) is 13.8. The molecule has 0 atom stereocenters. The van der Waals surface area contributed by atoms with Crippen molar-refractivity contribution in [3.63, 3.8) is 0 Å². The van der Waals surface area contributed by atoms with Crippen LogP contribution in [0.4, 0.5) is 5.95 Å². The van der Waals surface area contributed by atoms with Crippen molar-refractivity contribution in [1.29, 1.82) is 0 Å². The maximum atomic E-state index is 8.97. The molecule has 0 spiro atoms. The molecule has 0 bridgehead atoms. The molecule has 1 N–H and O–H groups in total. The lowest BCUT2D eigenvalue weighted by Gasteiger charge is -2.19. The van der Waals surface area contributed by atoms with Crippen LogP contribution in [0.2, 0.25) is 0 Å².